The summed E-state index contributed by atoms with van der Waals surface area (Å²) in [6.45, 7) is 5.96. The zero-order chi connectivity index (χ0) is 19.3. The Kier molecular flexibility index (Phi) is 4.42. The Bertz CT molecular complexity index is 679. The van der Waals surface area contributed by atoms with Gasteiger partial charge in [-0.25, -0.2) is 4.79 Å². The zero-order valence-electron chi connectivity index (χ0n) is 15.4. The van der Waals surface area contributed by atoms with Gasteiger partial charge < -0.3 is 19.7 Å². The number of rotatable bonds is 4. The van der Waals surface area contributed by atoms with E-state index < -0.39 is 35.0 Å². The molecule has 7 heteroatoms. The number of fused-ring (bicyclic) bond motifs is 3. The van der Waals surface area contributed by atoms with Crippen LogP contribution in [0.3, 0.4) is 0 Å². The third-order valence-corrected chi connectivity index (χ3v) is 6.50. The second-order valence-corrected chi connectivity index (χ2v) is 8.56. The van der Waals surface area contributed by atoms with Crippen LogP contribution in [-0.4, -0.2) is 46.4 Å². The van der Waals surface area contributed by atoms with Gasteiger partial charge in [0.15, 0.2) is 5.60 Å². The summed E-state index contributed by atoms with van der Waals surface area (Å²) in [7, 11) is 0. The number of hydrogen-bond donors (Lipinski definition) is 2. The van der Waals surface area contributed by atoms with Crippen molar-refractivity contribution in [3.8, 4) is 0 Å². The van der Waals surface area contributed by atoms with E-state index in [0.29, 0.717) is 12.0 Å². The maximum absolute atomic E-state index is 12.4. The van der Waals surface area contributed by atoms with E-state index in [1.807, 2.05) is 6.92 Å². The number of hydrogen-bond acceptors (Lipinski definition) is 6. The molecule has 3 rings (SSSR count). The predicted octanol–water partition coefficient (Wildman–Crippen LogP) is 1.82. The average Bonchev–Trinajstić information content (AvgIpc) is 2.82. The molecule has 2 fully saturated rings. The van der Waals surface area contributed by atoms with Gasteiger partial charge in [-0.1, -0.05) is 27.2 Å². The van der Waals surface area contributed by atoms with Crippen LogP contribution in [-0.2, 0) is 23.9 Å². The fourth-order valence-electron chi connectivity index (χ4n) is 5.37. The first-order valence-electron chi connectivity index (χ1n) is 9.04. The van der Waals surface area contributed by atoms with Crippen molar-refractivity contribution >= 4 is 17.9 Å². The summed E-state index contributed by atoms with van der Waals surface area (Å²) < 4.78 is 10.8. The van der Waals surface area contributed by atoms with Crippen LogP contribution in [0.15, 0.2) is 11.6 Å². The molecule has 0 aromatic rings. The molecule has 0 spiro atoms. The maximum Gasteiger partial charge on any atom is 0.343 e. The minimum Gasteiger partial charge on any atom is -0.481 e. The molecule has 1 saturated carbocycles. The Morgan fingerprint density at radius 1 is 1.27 bits per heavy atom. The summed E-state index contributed by atoms with van der Waals surface area (Å²) in [5.74, 6) is -2.56. The quantitative estimate of drug-likeness (QED) is 0.577. The maximum atomic E-state index is 12.4. The molecule has 4 unspecified atom stereocenters. The standard InChI is InChI=1S/C19H26O7/c1-17(2)7-4-8-18(3)15(17)12(26-14(22)6-5-13(20)21)9-11-10-25-16(23)19(11,18)24/h9,12,15,24H,4-8,10H2,1-3H3,(H,20,21). The van der Waals surface area contributed by atoms with E-state index in [0.717, 1.165) is 12.8 Å². The van der Waals surface area contributed by atoms with E-state index in [1.165, 1.54) is 0 Å². The Balaban J connectivity index is 1.99. The monoisotopic (exact) mass is 366 g/mol. The van der Waals surface area contributed by atoms with Crippen LogP contribution in [0.1, 0.15) is 52.9 Å². The van der Waals surface area contributed by atoms with Crippen molar-refractivity contribution in [2.24, 2.45) is 16.7 Å². The molecule has 4 atom stereocenters. The molecular formula is C19H26O7. The van der Waals surface area contributed by atoms with E-state index in [-0.39, 0.29) is 30.8 Å². The molecule has 0 aromatic carbocycles. The number of aliphatic carboxylic acids is 1. The minimum atomic E-state index is -1.70. The molecule has 26 heavy (non-hydrogen) atoms. The fraction of sp³-hybridized carbons (Fsp3) is 0.737. The Morgan fingerprint density at radius 3 is 2.62 bits per heavy atom. The Hall–Kier alpha value is -1.89. The zero-order valence-corrected chi connectivity index (χ0v) is 15.4. The normalized spacial score (nSPS) is 37.8. The van der Waals surface area contributed by atoms with Gasteiger partial charge >= 0.3 is 17.9 Å². The second kappa shape index (κ2) is 6.08. The van der Waals surface area contributed by atoms with Gasteiger partial charge in [-0.3, -0.25) is 9.59 Å². The molecule has 0 radical (unpaired) electrons. The molecule has 0 aromatic heterocycles. The average molecular weight is 366 g/mol. The largest absolute Gasteiger partial charge is 0.481 e. The van der Waals surface area contributed by atoms with Gasteiger partial charge in [0.05, 0.1) is 12.8 Å². The molecule has 0 bridgehead atoms. The number of esters is 2. The van der Waals surface area contributed by atoms with Crippen molar-refractivity contribution in [1.82, 2.24) is 0 Å². The molecule has 2 N–H and O–H groups in total. The topological polar surface area (TPSA) is 110 Å². The molecule has 0 amide bonds. The van der Waals surface area contributed by atoms with Gasteiger partial charge in [-0.2, -0.15) is 0 Å². The van der Waals surface area contributed by atoms with Gasteiger partial charge in [-0.15, -0.1) is 0 Å². The summed E-state index contributed by atoms with van der Waals surface area (Å²) in [5.41, 5.74) is -2.34. The van der Waals surface area contributed by atoms with Crippen LogP contribution in [0.4, 0.5) is 0 Å². The molecule has 1 saturated heterocycles. The van der Waals surface area contributed by atoms with Gasteiger partial charge in [0.2, 0.25) is 0 Å². The molecule has 144 valence electrons. The molecule has 1 aliphatic heterocycles. The highest BCUT2D eigenvalue weighted by Crippen LogP contribution is 2.63. The van der Waals surface area contributed by atoms with Gasteiger partial charge in [0, 0.05) is 16.9 Å². The lowest BCUT2D eigenvalue weighted by Gasteiger charge is -2.59. The number of carboxylic acids is 1. The fourth-order valence-corrected chi connectivity index (χ4v) is 5.37. The first kappa shape index (κ1) is 18.9. The third kappa shape index (κ3) is 2.64. The Labute approximate surface area is 152 Å². The van der Waals surface area contributed by atoms with Crippen molar-refractivity contribution in [2.75, 3.05) is 6.61 Å². The third-order valence-electron chi connectivity index (χ3n) is 6.50. The van der Waals surface area contributed by atoms with Gasteiger partial charge in [-0.05, 0) is 24.3 Å². The van der Waals surface area contributed by atoms with E-state index in [9.17, 15) is 19.5 Å². The molecular weight excluding hydrogens is 340 g/mol. The van der Waals surface area contributed by atoms with Crippen LogP contribution < -0.4 is 0 Å². The van der Waals surface area contributed by atoms with E-state index >= 15 is 0 Å². The predicted molar refractivity (Wildman–Crippen MR) is 90.0 cm³/mol. The SMILES string of the molecule is CC1(C)CCCC2(C)C1C(OC(=O)CCC(=O)O)C=C1COC(=O)C12O. The van der Waals surface area contributed by atoms with Crippen molar-refractivity contribution in [2.45, 2.75) is 64.6 Å². The lowest BCUT2D eigenvalue weighted by Crippen LogP contribution is -2.65. The van der Waals surface area contributed by atoms with Crippen LogP contribution in [0.5, 0.6) is 0 Å². The summed E-state index contributed by atoms with van der Waals surface area (Å²) >= 11 is 0. The molecule has 7 nitrogen and oxygen atoms in total. The molecule has 3 aliphatic rings. The highest BCUT2D eigenvalue weighted by molar-refractivity contribution is 5.88. The van der Waals surface area contributed by atoms with Crippen LogP contribution >= 0.6 is 0 Å². The molecule has 1 heterocycles. The van der Waals surface area contributed by atoms with E-state index in [2.05, 4.69) is 13.8 Å². The van der Waals surface area contributed by atoms with Crippen LogP contribution in [0, 0.1) is 16.7 Å². The minimum absolute atomic E-state index is 0.0127. The summed E-state index contributed by atoms with van der Waals surface area (Å²) in [6.07, 6.45) is 2.86. The smallest absolute Gasteiger partial charge is 0.343 e. The Morgan fingerprint density at radius 2 is 1.96 bits per heavy atom. The van der Waals surface area contributed by atoms with Crippen LogP contribution in [0.25, 0.3) is 0 Å². The summed E-state index contributed by atoms with van der Waals surface area (Å²) in [4.78, 5) is 35.3. The van der Waals surface area contributed by atoms with Crippen molar-refractivity contribution < 1.29 is 34.1 Å². The van der Waals surface area contributed by atoms with Crippen molar-refractivity contribution in [3.63, 3.8) is 0 Å². The summed E-state index contributed by atoms with van der Waals surface area (Å²) in [5, 5.41) is 20.1. The second-order valence-electron chi connectivity index (χ2n) is 8.56. The number of carbonyl (C=O) groups excluding carboxylic acids is 2. The van der Waals surface area contributed by atoms with Crippen LogP contribution in [0.2, 0.25) is 0 Å². The van der Waals surface area contributed by atoms with Gasteiger partial charge in [0.1, 0.15) is 12.7 Å². The van der Waals surface area contributed by atoms with Crippen molar-refractivity contribution in [1.29, 1.82) is 0 Å². The lowest BCUT2D eigenvalue weighted by molar-refractivity contribution is -0.196. The number of ether oxygens (including phenoxy) is 2. The van der Waals surface area contributed by atoms with Gasteiger partial charge in [0.25, 0.3) is 0 Å². The number of aliphatic hydroxyl groups is 1. The number of cyclic esters (lactones) is 1. The number of carbonyl (C=O) groups is 3. The lowest BCUT2D eigenvalue weighted by atomic mass is 9.46. The van der Waals surface area contributed by atoms with Crippen molar-refractivity contribution in [3.05, 3.63) is 11.6 Å². The van der Waals surface area contributed by atoms with E-state index in [1.54, 1.807) is 6.08 Å². The number of carboxylic acid groups (broad SMARTS) is 1. The highest BCUT2D eigenvalue weighted by atomic mass is 16.6. The first-order valence-corrected chi connectivity index (χ1v) is 9.04. The molecule has 2 aliphatic carbocycles. The first-order chi connectivity index (χ1) is 12.0. The highest BCUT2D eigenvalue weighted by Gasteiger charge is 2.69. The summed E-state index contributed by atoms with van der Waals surface area (Å²) in [6, 6.07) is 0. The van der Waals surface area contributed by atoms with E-state index in [4.69, 9.17) is 14.6 Å².